The molecular formula is C9H10INO2. The van der Waals surface area contributed by atoms with E-state index in [2.05, 4.69) is 27.9 Å². The summed E-state index contributed by atoms with van der Waals surface area (Å²) in [5.74, 6) is -0.388. The summed E-state index contributed by atoms with van der Waals surface area (Å²) in [5.41, 5.74) is 0.700. The van der Waals surface area contributed by atoms with Gasteiger partial charge in [-0.15, -0.1) is 0 Å². The normalized spacial score (nSPS) is 12.2. The number of halogens is 1. The highest BCUT2D eigenvalue weighted by molar-refractivity contribution is 14.1. The van der Waals surface area contributed by atoms with Crippen LogP contribution in [0.25, 0.3) is 0 Å². The smallest absolute Gasteiger partial charge is 0.252 e. The Morgan fingerprint density at radius 3 is 2.46 bits per heavy atom. The van der Waals surface area contributed by atoms with E-state index in [1.165, 1.54) is 6.92 Å². The van der Waals surface area contributed by atoms with Crippen LogP contribution >= 0.6 is 22.6 Å². The van der Waals surface area contributed by atoms with Gasteiger partial charge in [0.25, 0.3) is 5.91 Å². The minimum Gasteiger partial charge on any atom is -0.384 e. The summed E-state index contributed by atoms with van der Waals surface area (Å²) >= 11 is 2.18. The van der Waals surface area contributed by atoms with Crippen LogP contribution in [0.3, 0.4) is 0 Å². The molecule has 0 aliphatic rings. The summed E-state index contributed by atoms with van der Waals surface area (Å²) in [5, 5.41) is 11.5. The number of carbonyl (C=O) groups excluding carboxylic acids is 1. The highest BCUT2D eigenvalue weighted by Crippen LogP contribution is 2.11. The molecule has 70 valence electrons. The Hall–Kier alpha value is -0.620. The van der Waals surface area contributed by atoms with E-state index in [9.17, 15) is 4.79 Å². The van der Waals surface area contributed by atoms with Crippen LogP contribution in [0.5, 0.6) is 0 Å². The highest BCUT2D eigenvalue weighted by atomic mass is 127. The van der Waals surface area contributed by atoms with Crippen molar-refractivity contribution in [3.8, 4) is 0 Å². The van der Waals surface area contributed by atoms with Crippen LogP contribution in [0, 0.1) is 3.57 Å². The van der Waals surface area contributed by atoms with Gasteiger partial charge in [-0.3, -0.25) is 4.79 Å². The molecule has 0 bridgehead atoms. The first-order chi connectivity index (χ1) is 6.09. The molecule has 0 aromatic heterocycles. The van der Waals surface area contributed by atoms with Crippen LogP contribution in [0.2, 0.25) is 0 Å². The molecule has 0 spiro atoms. The van der Waals surface area contributed by atoms with E-state index in [-0.39, 0.29) is 5.91 Å². The number of amides is 1. The van der Waals surface area contributed by atoms with Gasteiger partial charge >= 0.3 is 0 Å². The lowest BCUT2D eigenvalue weighted by molar-refractivity contribution is -0.123. The molecule has 0 saturated carbocycles. The van der Waals surface area contributed by atoms with Crippen molar-refractivity contribution in [3.05, 3.63) is 27.8 Å². The second kappa shape index (κ2) is 4.57. The monoisotopic (exact) mass is 291 g/mol. The number of rotatable bonds is 2. The van der Waals surface area contributed by atoms with Gasteiger partial charge in [-0.2, -0.15) is 0 Å². The first-order valence-corrected chi connectivity index (χ1v) is 4.92. The zero-order valence-electron chi connectivity index (χ0n) is 7.12. The number of nitrogens with one attached hydrogen (secondary N) is 1. The Morgan fingerprint density at radius 2 is 2.00 bits per heavy atom. The third kappa shape index (κ3) is 3.31. The van der Waals surface area contributed by atoms with Crippen molar-refractivity contribution in [2.45, 2.75) is 13.0 Å². The number of hydrogen-bond acceptors (Lipinski definition) is 2. The van der Waals surface area contributed by atoms with Crippen LogP contribution < -0.4 is 5.32 Å². The maximum Gasteiger partial charge on any atom is 0.252 e. The van der Waals surface area contributed by atoms with Crippen LogP contribution in [0.4, 0.5) is 5.69 Å². The van der Waals surface area contributed by atoms with Crippen LogP contribution in [0.15, 0.2) is 24.3 Å². The molecule has 0 aliphatic heterocycles. The SMILES string of the molecule is CC(O)C(=O)Nc1ccc(I)cc1. The van der Waals surface area contributed by atoms with Gasteiger partial charge in [0.05, 0.1) is 0 Å². The van der Waals surface area contributed by atoms with Crippen molar-refractivity contribution in [1.29, 1.82) is 0 Å². The molecule has 0 fully saturated rings. The Labute approximate surface area is 90.3 Å². The van der Waals surface area contributed by atoms with E-state index >= 15 is 0 Å². The molecule has 0 heterocycles. The predicted molar refractivity (Wildman–Crippen MR) is 59.5 cm³/mol. The predicted octanol–water partition coefficient (Wildman–Crippen LogP) is 1.61. The van der Waals surface area contributed by atoms with Crippen molar-refractivity contribution in [3.63, 3.8) is 0 Å². The van der Waals surface area contributed by atoms with E-state index < -0.39 is 6.10 Å². The molecule has 1 rings (SSSR count). The maximum atomic E-state index is 11.0. The minimum atomic E-state index is -0.973. The topological polar surface area (TPSA) is 49.3 Å². The molecule has 2 N–H and O–H groups in total. The molecule has 1 unspecified atom stereocenters. The lowest BCUT2D eigenvalue weighted by atomic mass is 10.3. The standard InChI is InChI=1S/C9H10INO2/c1-6(12)9(13)11-8-4-2-7(10)3-5-8/h2-6,12H,1H3,(H,11,13). The average molecular weight is 291 g/mol. The summed E-state index contributed by atoms with van der Waals surface area (Å²) < 4.78 is 1.10. The van der Waals surface area contributed by atoms with E-state index in [0.29, 0.717) is 5.69 Å². The average Bonchev–Trinajstić information content (AvgIpc) is 2.08. The van der Waals surface area contributed by atoms with Crippen LogP contribution in [-0.2, 0) is 4.79 Å². The van der Waals surface area contributed by atoms with Gasteiger partial charge in [0.15, 0.2) is 0 Å². The minimum absolute atomic E-state index is 0.388. The third-order valence-electron chi connectivity index (χ3n) is 1.49. The van der Waals surface area contributed by atoms with Gasteiger partial charge in [-0.25, -0.2) is 0 Å². The molecule has 3 nitrogen and oxygen atoms in total. The molecule has 4 heteroatoms. The fourth-order valence-corrected chi connectivity index (χ4v) is 1.14. The maximum absolute atomic E-state index is 11.0. The van der Waals surface area contributed by atoms with Crippen molar-refractivity contribution in [1.82, 2.24) is 0 Å². The second-order valence-electron chi connectivity index (χ2n) is 2.67. The molecule has 13 heavy (non-hydrogen) atoms. The fraction of sp³-hybridized carbons (Fsp3) is 0.222. The molecule has 0 aliphatic carbocycles. The summed E-state index contributed by atoms with van der Waals surface area (Å²) in [6.45, 7) is 1.43. The number of benzene rings is 1. The van der Waals surface area contributed by atoms with Crippen molar-refractivity contribution < 1.29 is 9.90 Å². The summed E-state index contributed by atoms with van der Waals surface area (Å²) in [4.78, 5) is 11.0. The lowest BCUT2D eigenvalue weighted by Gasteiger charge is -2.06. The van der Waals surface area contributed by atoms with Crippen molar-refractivity contribution in [2.24, 2.45) is 0 Å². The van der Waals surface area contributed by atoms with Gasteiger partial charge in [0, 0.05) is 9.26 Å². The van der Waals surface area contributed by atoms with E-state index in [0.717, 1.165) is 3.57 Å². The quantitative estimate of drug-likeness (QED) is 0.813. The fourth-order valence-electron chi connectivity index (χ4n) is 0.780. The number of aliphatic hydroxyl groups is 1. The van der Waals surface area contributed by atoms with Crippen molar-refractivity contribution >= 4 is 34.2 Å². The van der Waals surface area contributed by atoms with Crippen LogP contribution in [0.1, 0.15) is 6.92 Å². The molecule has 0 radical (unpaired) electrons. The molecule has 1 aromatic rings. The second-order valence-corrected chi connectivity index (χ2v) is 3.92. The largest absolute Gasteiger partial charge is 0.384 e. The Balaban J connectivity index is 2.65. The van der Waals surface area contributed by atoms with Gasteiger partial charge in [-0.05, 0) is 53.8 Å². The van der Waals surface area contributed by atoms with Gasteiger partial charge in [0.2, 0.25) is 0 Å². The molecule has 1 atom stereocenters. The molecular weight excluding hydrogens is 281 g/mol. The zero-order valence-corrected chi connectivity index (χ0v) is 9.28. The highest BCUT2D eigenvalue weighted by Gasteiger charge is 2.07. The van der Waals surface area contributed by atoms with E-state index in [1.807, 2.05) is 12.1 Å². The molecule has 1 aromatic carbocycles. The van der Waals surface area contributed by atoms with E-state index in [4.69, 9.17) is 5.11 Å². The zero-order chi connectivity index (χ0) is 9.84. The van der Waals surface area contributed by atoms with Gasteiger partial charge in [-0.1, -0.05) is 0 Å². The van der Waals surface area contributed by atoms with Gasteiger partial charge in [0.1, 0.15) is 6.10 Å². The lowest BCUT2D eigenvalue weighted by Crippen LogP contribution is -2.24. The van der Waals surface area contributed by atoms with E-state index in [1.54, 1.807) is 12.1 Å². The Kier molecular flexibility index (Phi) is 3.68. The van der Waals surface area contributed by atoms with Gasteiger partial charge < -0.3 is 10.4 Å². The first kappa shape index (κ1) is 10.5. The molecule has 0 saturated heterocycles. The Morgan fingerprint density at radius 1 is 1.46 bits per heavy atom. The number of hydrogen-bond donors (Lipinski definition) is 2. The van der Waals surface area contributed by atoms with Crippen LogP contribution in [-0.4, -0.2) is 17.1 Å². The number of anilines is 1. The third-order valence-corrected chi connectivity index (χ3v) is 2.21. The summed E-state index contributed by atoms with van der Waals surface area (Å²) in [7, 11) is 0. The number of carbonyl (C=O) groups is 1. The summed E-state index contributed by atoms with van der Waals surface area (Å²) in [6.07, 6.45) is -0.973. The summed E-state index contributed by atoms with van der Waals surface area (Å²) in [6, 6.07) is 7.36. The molecule has 1 amide bonds. The first-order valence-electron chi connectivity index (χ1n) is 3.84. The van der Waals surface area contributed by atoms with Crippen molar-refractivity contribution in [2.75, 3.05) is 5.32 Å². The number of aliphatic hydroxyl groups excluding tert-OH is 1. The Bertz CT molecular complexity index is 295.